The zero-order valence-corrected chi connectivity index (χ0v) is 14.0. The number of nitrogens with zero attached hydrogens (tertiary/aromatic N) is 2. The summed E-state index contributed by atoms with van der Waals surface area (Å²) in [5, 5.41) is 2.25. The molecule has 1 aliphatic rings. The Bertz CT molecular complexity index is 699. The number of primary amides is 1. The highest BCUT2D eigenvalue weighted by molar-refractivity contribution is 5.87. The third-order valence-electron chi connectivity index (χ3n) is 5.14. The molecular weight excluding hydrogens is 286 g/mol. The Morgan fingerprint density at radius 2 is 1.96 bits per heavy atom. The summed E-state index contributed by atoms with van der Waals surface area (Å²) < 4.78 is 0. The highest BCUT2D eigenvalue weighted by atomic mass is 16.1. The number of carbonyl (C=O) groups is 1. The van der Waals surface area contributed by atoms with Crippen molar-refractivity contribution >= 4 is 16.7 Å². The Kier molecular flexibility index (Phi) is 4.35. The first-order valence-corrected chi connectivity index (χ1v) is 8.36. The van der Waals surface area contributed by atoms with Gasteiger partial charge in [-0.3, -0.25) is 9.78 Å². The van der Waals surface area contributed by atoms with Gasteiger partial charge in [-0.1, -0.05) is 38.1 Å². The second-order valence-corrected chi connectivity index (χ2v) is 7.07. The molecule has 0 radical (unpaired) electrons. The lowest BCUT2D eigenvalue weighted by atomic mass is 9.73. The van der Waals surface area contributed by atoms with E-state index in [9.17, 15) is 4.79 Å². The first-order valence-electron chi connectivity index (χ1n) is 8.36. The van der Waals surface area contributed by atoms with Crippen molar-refractivity contribution in [1.82, 2.24) is 9.88 Å². The second kappa shape index (κ2) is 6.28. The molecule has 1 atom stereocenters. The monoisotopic (exact) mass is 311 g/mol. The fourth-order valence-electron chi connectivity index (χ4n) is 3.70. The number of hydrogen-bond donors (Lipinski definition) is 1. The molecule has 1 aromatic carbocycles. The van der Waals surface area contributed by atoms with Crippen LogP contribution in [0.3, 0.4) is 0 Å². The van der Waals surface area contributed by atoms with Crippen LogP contribution in [-0.2, 0) is 10.2 Å². The van der Waals surface area contributed by atoms with Crippen LogP contribution in [0.25, 0.3) is 10.8 Å². The smallest absolute Gasteiger partial charge is 0.222 e. The number of aromatic nitrogens is 1. The lowest BCUT2D eigenvalue weighted by molar-refractivity contribution is -0.124. The summed E-state index contributed by atoms with van der Waals surface area (Å²) in [6, 6.07) is 10.2. The molecule has 122 valence electrons. The van der Waals surface area contributed by atoms with Gasteiger partial charge >= 0.3 is 0 Å². The Morgan fingerprint density at radius 1 is 1.26 bits per heavy atom. The van der Waals surface area contributed by atoms with E-state index >= 15 is 0 Å². The largest absolute Gasteiger partial charge is 0.369 e. The van der Waals surface area contributed by atoms with Crippen LogP contribution in [-0.4, -0.2) is 35.4 Å². The number of hydrogen-bond acceptors (Lipinski definition) is 3. The fourth-order valence-corrected chi connectivity index (χ4v) is 3.70. The Morgan fingerprint density at radius 3 is 2.65 bits per heavy atom. The van der Waals surface area contributed by atoms with E-state index in [1.807, 2.05) is 24.4 Å². The molecule has 0 spiro atoms. The van der Waals surface area contributed by atoms with Crippen LogP contribution in [0.15, 0.2) is 36.5 Å². The minimum atomic E-state index is -0.407. The maximum atomic E-state index is 12.2. The van der Waals surface area contributed by atoms with Crippen molar-refractivity contribution in [2.75, 3.05) is 19.6 Å². The van der Waals surface area contributed by atoms with Crippen LogP contribution < -0.4 is 5.73 Å². The van der Waals surface area contributed by atoms with Crippen LogP contribution in [0, 0.1) is 5.92 Å². The summed E-state index contributed by atoms with van der Waals surface area (Å²) in [6.07, 6.45) is 4.24. The molecule has 3 rings (SSSR count). The molecule has 1 amide bonds. The van der Waals surface area contributed by atoms with E-state index in [1.54, 1.807) is 0 Å². The van der Waals surface area contributed by atoms with Crippen molar-refractivity contribution in [3.05, 3.63) is 42.2 Å². The van der Waals surface area contributed by atoms with Crippen LogP contribution >= 0.6 is 0 Å². The quantitative estimate of drug-likeness (QED) is 0.923. The Hall–Kier alpha value is -1.94. The van der Waals surface area contributed by atoms with Crippen molar-refractivity contribution in [2.24, 2.45) is 11.7 Å². The van der Waals surface area contributed by atoms with Crippen LogP contribution in [0.5, 0.6) is 0 Å². The predicted molar refractivity (Wildman–Crippen MR) is 93.1 cm³/mol. The van der Waals surface area contributed by atoms with E-state index in [1.165, 1.54) is 12.8 Å². The molecule has 1 aromatic heterocycles. The highest BCUT2D eigenvalue weighted by Gasteiger charge is 2.39. The average molecular weight is 311 g/mol. The minimum Gasteiger partial charge on any atom is -0.369 e. The summed E-state index contributed by atoms with van der Waals surface area (Å²) in [5.74, 6) is -0.490. The van der Waals surface area contributed by atoms with E-state index in [0.29, 0.717) is 6.54 Å². The molecule has 23 heavy (non-hydrogen) atoms. The molecule has 2 aromatic rings. The average Bonchev–Trinajstić information content (AvgIpc) is 3.04. The summed E-state index contributed by atoms with van der Waals surface area (Å²) in [4.78, 5) is 19.2. The number of amides is 1. The van der Waals surface area contributed by atoms with Gasteiger partial charge in [0.25, 0.3) is 0 Å². The van der Waals surface area contributed by atoms with E-state index in [0.717, 1.165) is 29.6 Å². The summed E-state index contributed by atoms with van der Waals surface area (Å²) in [7, 11) is 0. The van der Waals surface area contributed by atoms with Crippen LogP contribution in [0.1, 0.15) is 32.4 Å². The lowest BCUT2D eigenvalue weighted by Gasteiger charge is -2.35. The maximum Gasteiger partial charge on any atom is 0.222 e. The molecule has 0 bridgehead atoms. The topological polar surface area (TPSA) is 59.2 Å². The zero-order valence-electron chi connectivity index (χ0n) is 14.0. The molecule has 1 fully saturated rings. The number of pyridine rings is 1. The molecule has 4 nitrogen and oxygen atoms in total. The third-order valence-corrected chi connectivity index (χ3v) is 5.14. The summed E-state index contributed by atoms with van der Waals surface area (Å²) in [6.45, 7) is 7.01. The van der Waals surface area contributed by atoms with Crippen LogP contribution in [0.2, 0.25) is 0 Å². The molecule has 0 aliphatic carbocycles. The first-order chi connectivity index (χ1) is 11.0. The number of likely N-dealkylation sites (tertiary alicyclic amines) is 1. The standard InChI is InChI=1S/C19H25N3O/c1-19(2,16(18(20)23)13-22-11-5-6-12-22)17-15-8-4-3-7-14(15)9-10-21-17/h3-4,7-10,16H,5-6,11-13H2,1-2H3,(H2,20,23). The van der Waals surface area contributed by atoms with Gasteiger partial charge in [-0.2, -0.15) is 0 Å². The molecule has 2 heterocycles. The van der Waals surface area contributed by atoms with E-state index in [-0.39, 0.29) is 11.8 Å². The van der Waals surface area contributed by atoms with Gasteiger partial charge in [-0.05, 0) is 37.4 Å². The van der Waals surface area contributed by atoms with Gasteiger partial charge in [-0.15, -0.1) is 0 Å². The Balaban J connectivity index is 2.00. The molecular formula is C19H25N3O. The van der Waals surface area contributed by atoms with Gasteiger partial charge < -0.3 is 10.6 Å². The first kappa shape index (κ1) is 15.9. The predicted octanol–water partition coefficient (Wildman–Crippen LogP) is 2.71. The van der Waals surface area contributed by atoms with E-state index in [2.05, 4.69) is 35.9 Å². The van der Waals surface area contributed by atoms with Gasteiger partial charge in [0, 0.05) is 23.5 Å². The number of nitrogens with two attached hydrogens (primary N) is 1. The number of carbonyl (C=O) groups excluding carboxylic acids is 1. The van der Waals surface area contributed by atoms with Gasteiger partial charge in [0.05, 0.1) is 11.6 Å². The Labute approximate surface area is 137 Å². The van der Waals surface area contributed by atoms with E-state index < -0.39 is 5.41 Å². The van der Waals surface area contributed by atoms with Crippen molar-refractivity contribution in [2.45, 2.75) is 32.1 Å². The second-order valence-electron chi connectivity index (χ2n) is 7.07. The van der Waals surface area contributed by atoms with Crippen molar-refractivity contribution < 1.29 is 4.79 Å². The minimum absolute atomic E-state index is 0.239. The molecule has 0 saturated carbocycles. The zero-order chi connectivity index (χ0) is 16.4. The molecule has 1 unspecified atom stereocenters. The van der Waals surface area contributed by atoms with Gasteiger partial charge in [0.2, 0.25) is 5.91 Å². The number of fused-ring (bicyclic) bond motifs is 1. The number of rotatable bonds is 5. The van der Waals surface area contributed by atoms with E-state index in [4.69, 9.17) is 5.73 Å². The van der Waals surface area contributed by atoms with Gasteiger partial charge in [-0.25, -0.2) is 0 Å². The SMILES string of the molecule is CC(C)(c1nccc2ccccc12)C(CN1CCCC1)C(N)=O. The molecule has 4 heteroatoms. The summed E-state index contributed by atoms with van der Waals surface area (Å²) in [5.41, 5.74) is 6.34. The normalized spacial score (nSPS) is 17.5. The summed E-state index contributed by atoms with van der Waals surface area (Å²) >= 11 is 0. The molecule has 2 N–H and O–H groups in total. The number of benzene rings is 1. The lowest BCUT2D eigenvalue weighted by Crippen LogP contribution is -2.46. The maximum absolute atomic E-state index is 12.2. The van der Waals surface area contributed by atoms with Crippen molar-refractivity contribution in [3.63, 3.8) is 0 Å². The van der Waals surface area contributed by atoms with Gasteiger partial charge in [0.1, 0.15) is 0 Å². The fraction of sp³-hybridized carbons (Fsp3) is 0.474. The van der Waals surface area contributed by atoms with Crippen LogP contribution in [0.4, 0.5) is 0 Å². The molecule has 1 saturated heterocycles. The highest BCUT2D eigenvalue weighted by Crippen LogP contribution is 2.35. The molecule has 1 aliphatic heterocycles. The van der Waals surface area contributed by atoms with Gasteiger partial charge in [0.15, 0.2) is 0 Å². The third kappa shape index (κ3) is 3.08. The van der Waals surface area contributed by atoms with Crippen molar-refractivity contribution in [1.29, 1.82) is 0 Å². The van der Waals surface area contributed by atoms with Crippen molar-refractivity contribution in [3.8, 4) is 0 Å².